The zero-order valence-electron chi connectivity index (χ0n) is 12.6. The predicted octanol–water partition coefficient (Wildman–Crippen LogP) is 2.94. The van der Waals surface area contributed by atoms with E-state index in [1.54, 1.807) is 14.0 Å². The number of aliphatic hydroxyl groups is 2. The Morgan fingerprint density at radius 2 is 1.68 bits per heavy atom. The Hall–Kier alpha value is -1.06. The fraction of sp³-hybridized carbons (Fsp3) is 0.625. The van der Waals surface area contributed by atoms with Crippen LogP contribution in [0.3, 0.4) is 0 Å². The van der Waals surface area contributed by atoms with Gasteiger partial charge in [0.1, 0.15) is 5.75 Å². The number of ether oxygens (including phenoxy) is 1. The number of aliphatic hydroxyl groups excluding tert-OH is 2. The molecule has 0 aliphatic heterocycles. The van der Waals surface area contributed by atoms with E-state index in [2.05, 4.69) is 20.8 Å². The molecule has 0 aliphatic carbocycles. The summed E-state index contributed by atoms with van der Waals surface area (Å²) in [5, 5.41) is 19.4. The van der Waals surface area contributed by atoms with Crippen molar-refractivity contribution in [2.75, 3.05) is 7.11 Å². The topological polar surface area (TPSA) is 49.7 Å². The average molecular weight is 266 g/mol. The highest BCUT2D eigenvalue weighted by molar-refractivity contribution is 5.43. The standard InChI is InChI=1S/C16H26O3/c1-6-13(9-15(18)12(4)17)16-10(2)7-14(19-5)8-11(16)3/h7-8,12-13,15,17-18H,6,9H2,1-5H3. The summed E-state index contributed by atoms with van der Waals surface area (Å²) < 4.78 is 5.27. The summed E-state index contributed by atoms with van der Waals surface area (Å²) >= 11 is 0. The number of methoxy groups -OCH3 is 1. The van der Waals surface area contributed by atoms with Crippen LogP contribution in [-0.2, 0) is 0 Å². The van der Waals surface area contributed by atoms with Gasteiger partial charge in [-0.05, 0) is 68.4 Å². The molecule has 3 nitrogen and oxygen atoms in total. The van der Waals surface area contributed by atoms with Crippen LogP contribution in [0.4, 0.5) is 0 Å². The van der Waals surface area contributed by atoms with Gasteiger partial charge in [-0.2, -0.15) is 0 Å². The van der Waals surface area contributed by atoms with Gasteiger partial charge in [-0.25, -0.2) is 0 Å². The van der Waals surface area contributed by atoms with Crippen LogP contribution < -0.4 is 4.74 Å². The molecule has 0 heterocycles. The lowest BCUT2D eigenvalue weighted by Gasteiger charge is -2.24. The molecule has 3 heteroatoms. The van der Waals surface area contributed by atoms with E-state index < -0.39 is 12.2 Å². The summed E-state index contributed by atoms with van der Waals surface area (Å²) in [4.78, 5) is 0. The molecule has 1 aromatic carbocycles. The number of hydrogen-bond acceptors (Lipinski definition) is 3. The van der Waals surface area contributed by atoms with E-state index in [0.717, 1.165) is 12.2 Å². The molecule has 0 radical (unpaired) electrons. The first-order chi connectivity index (χ1) is 8.90. The number of hydrogen-bond donors (Lipinski definition) is 2. The third-order valence-electron chi connectivity index (χ3n) is 3.79. The molecule has 3 unspecified atom stereocenters. The van der Waals surface area contributed by atoms with Gasteiger partial charge in [0.25, 0.3) is 0 Å². The van der Waals surface area contributed by atoms with Crippen LogP contribution in [-0.4, -0.2) is 29.5 Å². The second kappa shape index (κ2) is 6.92. The van der Waals surface area contributed by atoms with Gasteiger partial charge in [-0.1, -0.05) is 6.92 Å². The van der Waals surface area contributed by atoms with E-state index >= 15 is 0 Å². The van der Waals surface area contributed by atoms with Gasteiger partial charge in [-0.3, -0.25) is 0 Å². The molecule has 19 heavy (non-hydrogen) atoms. The van der Waals surface area contributed by atoms with Gasteiger partial charge in [0, 0.05) is 0 Å². The first kappa shape index (κ1) is 16.0. The highest BCUT2D eigenvalue weighted by atomic mass is 16.5. The summed E-state index contributed by atoms with van der Waals surface area (Å²) in [6, 6.07) is 4.06. The number of aryl methyl sites for hydroxylation is 2. The Kier molecular flexibility index (Phi) is 5.83. The van der Waals surface area contributed by atoms with Crippen molar-refractivity contribution in [3.8, 4) is 5.75 Å². The summed E-state index contributed by atoms with van der Waals surface area (Å²) in [6.45, 7) is 7.89. The van der Waals surface area contributed by atoms with E-state index in [-0.39, 0.29) is 5.92 Å². The second-order valence-corrected chi connectivity index (χ2v) is 5.32. The lowest BCUT2D eigenvalue weighted by atomic mass is 9.84. The van der Waals surface area contributed by atoms with E-state index in [1.165, 1.54) is 16.7 Å². The van der Waals surface area contributed by atoms with E-state index in [0.29, 0.717) is 6.42 Å². The molecule has 0 aromatic heterocycles. The zero-order valence-corrected chi connectivity index (χ0v) is 12.6. The molecule has 0 amide bonds. The average Bonchev–Trinajstić information content (AvgIpc) is 2.35. The van der Waals surface area contributed by atoms with Crippen LogP contribution in [0.25, 0.3) is 0 Å². The monoisotopic (exact) mass is 266 g/mol. The third-order valence-corrected chi connectivity index (χ3v) is 3.79. The van der Waals surface area contributed by atoms with Crippen molar-refractivity contribution < 1.29 is 14.9 Å². The lowest BCUT2D eigenvalue weighted by Crippen LogP contribution is -2.25. The summed E-state index contributed by atoms with van der Waals surface area (Å²) in [5.74, 6) is 1.13. The van der Waals surface area contributed by atoms with Crippen molar-refractivity contribution in [2.45, 2.75) is 58.7 Å². The Labute approximate surface area is 116 Å². The molecule has 0 fully saturated rings. The minimum atomic E-state index is -0.687. The molecule has 0 saturated carbocycles. The van der Waals surface area contributed by atoms with Crippen molar-refractivity contribution in [3.63, 3.8) is 0 Å². The van der Waals surface area contributed by atoms with E-state index in [9.17, 15) is 10.2 Å². The molecule has 108 valence electrons. The first-order valence-corrected chi connectivity index (χ1v) is 6.91. The maximum Gasteiger partial charge on any atom is 0.119 e. The molecule has 0 spiro atoms. The number of benzene rings is 1. The van der Waals surface area contributed by atoms with Crippen molar-refractivity contribution in [3.05, 3.63) is 28.8 Å². The molecule has 0 saturated heterocycles. The Morgan fingerprint density at radius 1 is 1.16 bits per heavy atom. The quantitative estimate of drug-likeness (QED) is 0.832. The smallest absolute Gasteiger partial charge is 0.119 e. The fourth-order valence-electron chi connectivity index (χ4n) is 2.67. The van der Waals surface area contributed by atoms with Gasteiger partial charge in [0.15, 0.2) is 0 Å². The molecular weight excluding hydrogens is 240 g/mol. The summed E-state index contributed by atoms with van der Waals surface area (Å²) in [6.07, 6.45) is 0.165. The van der Waals surface area contributed by atoms with Crippen LogP contribution >= 0.6 is 0 Å². The molecule has 2 N–H and O–H groups in total. The van der Waals surface area contributed by atoms with Crippen LogP contribution in [0.5, 0.6) is 5.75 Å². The maximum absolute atomic E-state index is 9.90. The Balaban J connectivity index is 3.05. The largest absolute Gasteiger partial charge is 0.497 e. The van der Waals surface area contributed by atoms with Gasteiger partial charge in [-0.15, -0.1) is 0 Å². The number of rotatable bonds is 6. The maximum atomic E-state index is 9.90. The summed E-state index contributed by atoms with van der Waals surface area (Å²) in [7, 11) is 1.67. The van der Waals surface area contributed by atoms with Gasteiger partial charge >= 0.3 is 0 Å². The molecular formula is C16H26O3. The normalized spacial score (nSPS) is 15.9. The van der Waals surface area contributed by atoms with E-state index in [1.807, 2.05) is 12.1 Å². The molecule has 1 aromatic rings. The minimum Gasteiger partial charge on any atom is -0.497 e. The van der Waals surface area contributed by atoms with Crippen LogP contribution in [0.1, 0.15) is 49.3 Å². The Morgan fingerprint density at radius 3 is 2.05 bits per heavy atom. The van der Waals surface area contributed by atoms with Crippen molar-refractivity contribution in [1.29, 1.82) is 0 Å². The van der Waals surface area contributed by atoms with Gasteiger partial charge < -0.3 is 14.9 Å². The second-order valence-electron chi connectivity index (χ2n) is 5.32. The van der Waals surface area contributed by atoms with Crippen LogP contribution in [0.15, 0.2) is 12.1 Å². The first-order valence-electron chi connectivity index (χ1n) is 6.91. The van der Waals surface area contributed by atoms with Gasteiger partial charge in [0.05, 0.1) is 19.3 Å². The fourth-order valence-corrected chi connectivity index (χ4v) is 2.67. The zero-order chi connectivity index (χ0) is 14.6. The molecule has 0 aliphatic rings. The predicted molar refractivity (Wildman–Crippen MR) is 77.8 cm³/mol. The van der Waals surface area contributed by atoms with Crippen molar-refractivity contribution in [1.82, 2.24) is 0 Å². The van der Waals surface area contributed by atoms with Crippen LogP contribution in [0.2, 0.25) is 0 Å². The Bertz CT molecular complexity index is 389. The summed E-state index contributed by atoms with van der Waals surface area (Å²) in [5.41, 5.74) is 3.63. The van der Waals surface area contributed by atoms with E-state index in [4.69, 9.17) is 4.74 Å². The van der Waals surface area contributed by atoms with Crippen molar-refractivity contribution >= 4 is 0 Å². The highest BCUT2D eigenvalue weighted by Gasteiger charge is 2.21. The highest BCUT2D eigenvalue weighted by Crippen LogP contribution is 2.33. The lowest BCUT2D eigenvalue weighted by molar-refractivity contribution is 0.0214. The van der Waals surface area contributed by atoms with Crippen LogP contribution in [0, 0.1) is 13.8 Å². The molecule has 0 bridgehead atoms. The van der Waals surface area contributed by atoms with Crippen molar-refractivity contribution in [2.24, 2.45) is 0 Å². The minimum absolute atomic E-state index is 0.260. The SMILES string of the molecule is CCC(CC(O)C(C)O)c1c(C)cc(OC)cc1C. The van der Waals surface area contributed by atoms with Gasteiger partial charge in [0.2, 0.25) is 0 Å². The molecule has 3 atom stereocenters. The third kappa shape index (κ3) is 3.95. The molecule has 1 rings (SSSR count).